The zero-order chi connectivity index (χ0) is 16.9. The van der Waals surface area contributed by atoms with Crippen LogP contribution >= 0.6 is 12.4 Å². The molecule has 3 N–H and O–H groups in total. The van der Waals surface area contributed by atoms with E-state index in [9.17, 15) is 13.2 Å². The number of carbonyl (C=O) groups excluding carboxylic acids is 1. The number of piperidine rings is 1. The van der Waals surface area contributed by atoms with Gasteiger partial charge in [0.15, 0.2) is 0 Å². The topological polar surface area (TPSA) is 92.5 Å². The number of carbonyl (C=O) groups is 1. The highest BCUT2D eigenvalue weighted by molar-refractivity contribution is 7.89. The molecule has 1 aromatic rings. The molecule has 0 aliphatic carbocycles. The van der Waals surface area contributed by atoms with Gasteiger partial charge in [0.05, 0.1) is 4.90 Å². The molecule has 1 aromatic carbocycles. The minimum absolute atomic E-state index is 0. The summed E-state index contributed by atoms with van der Waals surface area (Å²) in [5, 5.41) is 2.79. The first-order valence-corrected chi connectivity index (χ1v) is 9.46. The first-order chi connectivity index (χ1) is 10.9. The van der Waals surface area contributed by atoms with Crippen molar-refractivity contribution in [1.29, 1.82) is 0 Å². The van der Waals surface area contributed by atoms with Crippen molar-refractivity contribution in [3.05, 3.63) is 29.8 Å². The van der Waals surface area contributed by atoms with Gasteiger partial charge in [-0.3, -0.25) is 4.79 Å². The summed E-state index contributed by atoms with van der Waals surface area (Å²) < 4.78 is 26.6. The zero-order valence-corrected chi connectivity index (χ0v) is 15.5. The summed E-state index contributed by atoms with van der Waals surface area (Å²) in [6.45, 7) is 3.63. The molecule has 1 atom stereocenters. The van der Waals surface area contributed by atoms with Gasteiger partial charge in [0.1, 0.15) is 0 Å². The van der Waals surface area contributed by atoms with Crippen molar-refractivity contribution in [3.63, 3.8) is 0 Å². The molecule has 24 heavy (non-hydrogen) atoms. The van der Waals surface area contributed by atoms with E-state index < -0.39 is 10.0 Å². The van der Waals surface area contributed by atoms with Crippen LogP contribution in [0.15, 0.2) is 29.2 Å². The number of hydrogen-bond acceptors (Lipinski definition) is 4. The average molecular weight is 376 g/mol. The van der Waals surface area contributed by atoms with Crippen molar-refractivity contribution in [2.75, 3.05) is 19.6 Å². The largest absolute Gasteiger partial charge is 0.352 e. The minimum atomic E-state index is -3.40. The lowest BCUT2D eigenvalue weighted by Gasteiger charge is -2.25. The molecular formula is C16H26ClN3O3S. The van der Waals surface area contributed by atoms with Gasteiger partial charge in [0.25, 0.3) is 0 Å². The number of rotatable bonds is 6. The third kappa shape index (κ3) is 5.17. The second kappa shape index (κ2) is 9.36. The van der Waals surface area contributed by atoms with Crippen LogP contribution in [0.4, 0.5) is 0 Å². The maximum atomic E-state index is 12.5. The first-order valence-electron chi connectivity index (χ1n) is 8.02. The van der Waals surface area contributed by atoms with E-state index in [4.69, 9.17) is 5.73 Å². The summed E-state index contributed by atoms with van der Waals surface area (Å²) in [4.78, 5) is 12.0. The molecule has 136 valence electrons. The van der Waals surface area contributed by atoms with Gasteiger partial charge < -0.3 is 11.1 Å². The van der Waals surface area contributed by atoms with Crippen LogP contribution in [0.5, 0.6) is 0 Å². The van der Waals surface area contributed by atoms with Crippen LogP contribution in [0, 0.1) is 5.92 Å². The second-order valence-corrected chi connectivity index (χ2v) is 7.90. The van der Waals surface area contributed by atoms with Crippen molar-refractivity contribution in [1.82, 2.24) is 9.62 Å². The van der Waals surface area contributed by atoms with E-state index in [1.54, 1.807) is 35.5 Å². The highest BCUT2D eigenvalue weighted by Gasteiger charge is 2.25. The molecule has 1 fully saturated rings. The summed E-state index contributed by atoms with van der Waals surface area (Å²) in [7, 11) is -3.40. The average Bonchev–Trinajstić information content (AvgIpc) is 2.60. The van der Waals surface area contributed by atoms with Crippen molar-refractivity contribution in [2.45, 2.75) is 37.6 Å². The van der Waals surface area contributed by atoms with Gasteiger partial charge in [-0.1, -0.05) is 25.5 Å². The second-order valence-electron chi connectivity index (χ2n) is 5.96. The summed E-state index contributed by atoms with van der Waals surface area (Å²) in [6.07, 6.45) is 2.93. The molecule has 0 spiro atoms. The van der Waals surface area contributed by atoms with Gasteiger partial charge in [-0.2, -0.15) is 4.31 Å². The number of nitrogens with zero attached hydrogens (tertiary/aromatic N) is 1. The van der Waals surface area contributed by atoms with E-state index in [0.29, 0.717) is 31.1 Å². The molecule has 1 amide bonds. The fraction of sp³-hybridized carbons (Fsp3) is 0.562. The van der Waals surface area contributed by atoms with Crippen LogP contribution in [-0.4, -0.2) is 38.3 Å². The van der Waals surface area contributed by atoms with E-state index in [1.165, 1.54) is 0 Å². The highest BCUT2D eigenvalue weighted by atomic mass is 35.5. The Morgan fingerprint density at radius 3 is 2.33 bits per heavy atom. The lowest BCUT2D eigenvalue weighted by Crippen LogP contribution is -2.35. The maximum absolute atomic E-state index is 12.5. The Bertz CT molecular complexity index is 628. The minimum Gasteiger partial charge on any atom is -0.352 e. The monoisotopic (exact) mass is 375 g/mol. The molecule has 1 heterocycles. The summed E-state index contributed by atoms with van der Waals surface area (Å²) in [5.74, 6) is -0.328. The fourth-order valence-electron chi connectivity index (χ4n) is 2.50. The molecule has 0 saturated carbocycles. The van der Waals surface area contributed by atoms with Crippen LogP contribution in [-0.2, 0) is 21.4 Å². The maximum Gasteiger partial charge on any atom is 0.243 e. The third-order valence-corrected chi connectivity index (χ3v) is 6.06. The lowest BCUT2D eigenvalue weighted by atomic mass is 10.1. The van der Waals surface area contributed by atoms with Gasteiger partial charge in [-0.15, -0.1) is 12.4 Å². The van der Waals surface area contributed by atoms with Crippen LogP contribution in [0.2, 0.25) is 0 Å². The highest BCUT2D eigenvalue weighted by Crippen LogP contribution is 2.20. The summed E-state index contributed by atoms with van der Waals surface area (Å²) in [5.41, 5.74) is 6.31. The number of amides is 1. The number of halogens is 1. The zero-order valence-electron chi connectivity index (χ0n) is 13.9. The van der Waals surface area contributed by atoms with Gasteiger partial charge in [0, 0.05) is 32.1 Å². The Hall–Kier alpha value is -1.15. The van der Waals surface area contributed by atoms with Crippen molar-refractivity contribution in [2.24, 2.45) is 11.7 Å². The van der Waals surface area contributed by atoms with Gasteiger partial charge >= 0.3 is 0 Å². The first kappa shape index (κ1) is 20.9. The Labute approximate surface area is 150 Å². The number of nitrogens with two attached hydrogens (primary N) is 1. The molecule has 1 aliphatic rings. The smallest absolute Gasteiger partial charge is 0.243 e. The van der Waals surface area contributed by atoms with Crippen LogP contribution < -0.4 is 11.1 Å². The third-order valence-electron chi connectivity index (χ3n) is 4.14. The van der Waals surface area contributed by atoms with E-state index in [1.807, 2.05) is 0 Å². The van der Waals surface area contributed by atoms with Crippen molar-refractivity contribution >= 4 is 28.3 Å². The summed E-state index contributed by atoms with van der Waals surface area (Å²) >= 11 is 0. The van der Waals surface area contributed by atoms with E-state index in [0.717, 1.165) is 24.8 Å². The van der Waals surface area contributed by atoms with E-state index in [-0.39, 0.29) is 24.2 Å². The molecule has 1 saturated heterocycles. The van der Waals surface area contributed by atoms with Gasteiger partial charge in [0.2, 0.25) is 15.9 Å². The Balaban J connectivity index is 0.00000288. The van der Waals surface area contributed by atoms with Crippen molar-refractivity contribution in [3.8, 4) is 0 Å². The van der Waals surface area contributed by atoms with Crippen molar-refractivity contribution < 1.29 is 13.2 Å². The number of hydrogen-bond donors (Lipinski definition) is 2. The number of nitrogens with one attached hydrogen (secondary N) is 1. The molecule has 0 aromatic heterocycles. The lowest BCUT2D eigenvalue weighted by molar-refractivity contribution is -0.124. The molecule has 0 bridgehead atoms. The normalized spacial score (nSPS) is 16.9. The molecule has 1 unspecified atom stereocenters. The van der Waals surface area contributed by atoms with Crippen LogP contribution in [0.3, 0.4) is 0 Å². The molecular weight excluding hydrogens is 350 g/mol. The van der Waals surface area contributed by atoms with Crippen LogP contribution in [0.25, 0.3) is 0 Å². The SMILES string of the molecule is CC(CN)C(=O)NCc1ccc(S(=O)(=O)N2CCCCC2)cc1.Cl. The molecule has 6 nitrogen and oxygen atoms in total. The van der Waals surface area contributed by atoms with Crippen LogP contribution in [0.1, 0.15) is 31.7 Å². The standard InChI is InChI=1S/C16H25N3O3S.ClH/c1-13(11-17)16(20)18-12-14-5-7-15(8-6-14)23(21,22)19-9-3-2-4-10-19;/h5-8,13H,2-4,9-12,17H2,1H3,(H,18,20);1H. The predicted octanol–water partition coefficient (Wildman–Crippen LogP) is 1.49. The number of benzene rings is 1. The summed E-state index contributed by atoms with van der Waals surface area (Å²) in [6, 6.07) is 6.70. The fourth-order valence-corrected chi connectivity index (χ4v) is 4.02. The molecule has 0 radical (unpaired) electrons. The van der Waals surface area contributed by atoms with Gasteiger partial charge in [-0.25, -0.2) is 8.42 Å². The predicted molar refractivity (Wildman–Crippen MR) is 96.4 cm³/mol. The Morgan fingerprint density at radius 2 is 1.79 bits per heavy atom. The Morgan fingerprint density at radius 1 is 1.21 bits per heavy atom. The van der Waals surface area contributed by atoms with Gasteiger partial charge in [-0.05, 0) is 30.5 Å². The van der Waals surface area contributed by atoms with E-state index in [2.05, 4.69) is 5.32 Å². The molecule has 1 aliphatic heterocycles. The molecule has 8 heteroatoms. The number of sulfonamides is 1. The Kier molecular flexibility index (Phi) is 8.15. The van der Waals surface area contributed by atoms with E-state index >= 15 is 0 Å². The molecule has 2 rings (SSSR count). The quantitative estimate of drug-likeness (QED) is 0.787.